The number of ether oxygens (including phenoxy) is 6. The van der Waals surface area contributed by atoms with Crippen LogP contribution in [0.5, 0.6) is 0 Å². The minimum absolute atomic E-state index is 0.00469. The van der Waals surface area contributed by atoms with Crippen LogP contribution in [0.15, 0.2) is 0 Å². The van der Waals surface area contributed by atoms with Crippen LogP contribution in [0.25, 0.3) is 0 Å². The topological polar surface area (TPSA) is 254 Å². The van der Waals surface area contributed by atoms with E-state index in [-0.39, 0.29) is 61.6 Å². The van der Waals surface area contributed by atoms with Gasteiger partial charge in [0.1, 0.15) is 25.6 Å². The molecule has 0 bridgehead atoms. The third-order valence-electron chi connectivity index (χ3n) is 10.6. The Morgan fingerprint density at radius 2 is 0.926 bits per heavy atom. The van der Waals surface area contributed by atoms with Crippen molar-refractivity contribution < 1.29 is 62.3 Å². The molecule has 402 valence electrons. The summed E-state index contributed by atoms with van der Waals surface area (Å²) < 4.78 is 31.3. The molecule has 0 saturated heterocycles. The Morgan fingerprint density at radius 3 is 1.37 bits per heavy atom. The number of methoxy groups -OCH3 is 1. The van der Waals surface area contributed by atoms with Crippen molar-refractivity contribution in [2.75, 3.05) is 99.5 Å². The Bertz CT molecular complexity index is 1180. The van der Waals surface area contributed by atoms with Crippen LogP contribution >= 0.6 is 0 Å². The molecule has 0 rings (SSSR count). The number of primary amides is 1. The summed E-state index contributed by atoms with van der Waals surface area (Å²) in [6.07, 6.45) is 26.4. The van der Waals surface area contributed by atoms with Crippen LogP contribution in [-0.4, -0.2) is 146 Å². The second-order valence-corrected chi connectivity index (χ2v) is 17.3. The van der Waals surface area contributed by atoms with Crippen LogP contribution < -0.4 is 22.1 Å². The molecule has 0 aromatic rings. The predicted octanol–water partition coefficient (Wildman–Crippen LogP) is 6.49. The van der Waals surface area contributed by atoms with Crippen LogP contribution in [0.3, 0.4) is 0 Å². The van der Waals surface area contributed by atoms with Crippen LogP contribution in [0, 0.1) is 5.92 Å². The van der Waals surface area contributed by atoms with E-state index in [4.69, 9.17) is 45.0 Å². The molecular weight excluding hydrogens is 877 g/mol. The van der Waals surface area contributed by atoms with Crippen LogP contribution in [-0.2, 0) is 57.2 Å². The summed E-state index contributed by atoms with van der Waals surface area (Å²) in [6.45, 7) is 12.0. The average Bonchev–Trinajstić information content (AvgIpc) is 3.31. The zero-order valence-corrected chi connectivity index (χ0v) is 43.5. The number of Topliss-reactive ketones (excluding diaryl/α,β-unsaturated/α-hetero) is 3. The number of carbonyl (C=O) groups excluding carboxylic acids is 6. The standard InChI is InChI=1S/C28H55NO5.C19H36N2O6.C4H9NO2/c1-3-4-5-6-7-8-9-10-11-12-13-14-15-16-17-20-28(31)29-21-23-33-24-25-34-26-27(30)19-18-22-32-2;1-3-10-26-15-19(24)21-9-11-25-12-13-27-14-17(23)7-5-4-6-8-18(20)16(2)22;1-3(2-6)4(5)7/h3-26H2,1-2H3,(H,29,31);18H,3-15,20H2,1-2H3,(H,21,24);3,6H,2H2,1H3,(H2,5,7)/t;18-;3-/m.00/s1. The van der Waals surface area contributed by atoms with Crippen molar-refractivity contribution in [1.82, 2.24) is 10.6 Å². The molecule has 3 amide bonds. The molecule has 0 radical (unpaired) electrons. The fourth-order valence-electron chi connectivity index (χ4n) is 6.16. The first-order valence-corrected chi connectivity index (χ1v) is 26.0. The largest absolute Gasteiger partial charge is 0.396 e. The monoisotopic (exact) mass is 977 g/mol. The van der Waals surface area contributed by atoms with Gasteiger partial charge in [-0.15, -0.1) is 0 Å². The van der Waals surface area contributed by atoms with Gasteiger partial charge in [0.2, 0.25) is 17.7 Å². The van der Waals surface area contributed by atoms with Gasteiger partial charge in [-0.3, -0.25) is 28.8 Å². The van der Waals surface area contributed by atoms with Crippen molar-refractivity contribution in [3.8, 4) is 0 Å². The molecule has 0 aromatic carbocycles. The van der Waals surface area contributed by atoms with E-state index in [0.717, 1.165) is 44.9 Å². The first kappa shape index (κ1) is 69.4. The van der Waals surface area contributed by atoms with Gasteiger partial charge in [-0.05, 0) is 39.0 Å². The molecule has 2 atom stereocenters. The SMILES string of the molecule is CCCCCCCCCCCCCCCCCC(=O)NCCOCCOCC(=O)CCCOC.CCCOCC(=O)NCCOCCOCC(=O)CCCCC[C@H](N)C(C)=O.C[C@@H](CO)C(N)=O. The molecule has 0 aromatic heterocycles. The normalized spacial score (nSPS) is 11.7. The smallest absolute Gasteiger partial charge is 0.246 e. The number of hydrogen-bond donors (Lipinski definition) is 5. The Morgan fingerprint density at radius 1 is 0.500 bits per heavy atom. The second-order valence-electron chi connectivity index (χ2n) is 17.3. The molecule has 0 spiro atoms. The Balaban J connectivity index is -0.00000111. The first-order chi connectivity index (χ1) is 32.9. The lowest BCUT2D eigenvalue weighted by Crippen LogP contribution is -2.31. The van der Waals surface area contributed by atoms with E-state index >= 15 is 0 Å². The summed E-state index contributed by atoms with van der Waals surface area (Å²) in [4.78, 5) is 67.4. The number of aliphatic hydroxyl groups excluding tert-OH is 1. The molecule has 0 heterocycles. The maximum atomic E-state index is 11.9. The van der Waals surface area contributed by atoms with Crippen LogP contribution in [0.1, 0.15) is 182 Å². The Labute approximate surface area is 411 Å². The molecule has 68 heavy (non-hydrogen) atoms. The number of nitrogens with one attached hydrogen (secondary N) is 2. The van der Waals surface area contributed by atoms with E-state index in [1.807, 2.05) is 6.92 Å². The van der Waals surface area contributed by atoms with Crippen LogP contribution in [0.4, 0.5) is 0 Å². The van der Waals surface area contributed by atoms with E-state index in [1.165, 1.54) is 90.4 Å². The fourth-order valence-corrected chi connectivity index (χ4v) is 6.16. The highest BCUT2D eigenvalue weighted by molar-refractivity contribution is 5.81. The molecule has 0 aliphatic carbocycles. The number of hydrogen-bond acceptors (Lipinski definition) is 14. The van der Waals surface area contributed by atoms with Gasteiger partial charge in [0.25, 0.3) is 0 Å². The van der Waals surface area contributed by atoms with Gasteiger partial charge in [0.15, 0.2) is 11.6 Å². The van der Waals surface area contributed by atoms with Gasteiger partial charge < -0.3 is 55.6 Å². The van der Waals surface area contributed by atoms with Crippen molar-refractivity contribution in [1.29, 1.82) is 0 Å². The van der Waals surface area contributed by atoms with Gasteiger partial charge in [-0.1, -0.05) is 124 Å². The quantitative estimate of drug-likeness (QED) is 0.0409. The minimum atomic E-state index is -0.456. The molecule has 7 N–H and O–H groups in total. The molecule has 0 aliphatic heterocycles. The number of nitrogens with two attached hydrogens (primary N) is 2. The lowest BCUT2D eigenvalue weighted by Gasteiger charge is -2.08. The average molecular weight is 977 g/mol. The maximum Gasteiger partial charge on any atom is 0.246 e. The van der Waals surface area contributed by atoms with E-state index in [9.17, 15) is 28.8 Å². The molecule has 0 fully saturated rings. The van der Waals surface area contributed by atoms with Crippen molar-refractivity contribution in [3.63, 3.8) is 0 Å². The van der Waals surface area contributed by atoms with Gasteiger partial charge in [0, 0.05) is 52.7 Å². The van der Waals surface area contributed by atoms with Gasteiger partial charge in [0.05, 0.1) is 58.2 Å². The summed E-state index contributed by atoms with van der Waals surface area (Å²) in [7, 11) is 1.63. The minimum Gasteiger partial charge on any atom is -0.396 e. The van der Waals surface area contributed by atoms with Crippen LogP contribution in [0.2, 0.25) is 0 Å². The summed E-state index contributed by atoms with van der Waals surface area (Å²) >= 11 is 0. The summed E-state index contributed by atoms with van der Waals surface area (Å²) in [6, 6.07) is -0.383. The zero-order valence-electron chi connectivity index (χ0n) is 43.5. The zero-order chi connectivity index (χ0) is 51.1. The van der Waals surface area contributed by atoms with E-state index in [1.54, 1.807) is 14.0 Å². The van der Waals surface area contributed by atoms with Crippen molar-refractivity contribution in [3.05, 3.63) is 0 Å². The van der Waals surface area contributed by atoms with Crippen molar-refractivity contribution in [2.24, 2.45) is 17.4 Å². The van der Waals surface area contributed by atoms with E-state index in [0.29, 0.717) is 91.6 Å². The maximum absolute atomic E-state index is 11.9. The summed E-state index contributed by atoms with van der Waals surface area (Å²) in [5.74, 6) is -0.755. The highest BCUT2D eigenvalue weighted by atomic mass is 16.5. The fraction of sp³-hybridized carbons (Fsp3) is 0.882. The van der Waals surface area contributed by atoms with Crippen molar-refractivity contribution in [2.45, 2.75) is 188 Å². The lowest BCUT2D eigenvalue weighted by molar-refractivity contribution is -0.126. The summed E-state index contributed by atoms with van der Waals surface area (Å²) in [5, 5.41) is 13.8. The van der Waals surface area contributed by atoms with Crippen molar-refractivity contribution >= 4 is 35.1 Å². The van der Waals surface area contributed by atoms with Gasteiger partial charge in [-0.25, -0.2) is 0 Å². The number of ketones is 3. The van der Waals surface area contributed by atoms with Gasteiger partial charge in [-0.2, -0.15) is 0 Å². The molecular formula is C51H100N4O13. The number of rotatable bonds is 49. The number of carbonyl (C=O) groups is 6. The molecule has 17 nitrogen and oxygen atoms in total. The number of amides is 3. The third kappa shape index (κ3) is 59.2. The van der Waals surface area contributed by atoms with E-state index < -0.39 is 11.8 Å². The first-order valence-electron chi connectivity index (χ1n) is 26.0. The molecule has 0 saturated carbocycles. The summed E-state index contributed by atoms with van der Waals surface area (Å²) in [5.41, 5.74) is 10.4. The number of aliphatic hydroxyl groups is 1. The Kier molecular flexibility index (Phi) is 57.8. The van der Waals surface area contributed by atoms with Gasteiger partial charge >= 0.3 is 0 Å². The molecule has 17 heteroatoms. The predicted molar refractivity (Wildman–Crippen MR) is 268 cm³/mol. The van der Waals surface area contributed by atoms with E-state index in [2.05, 4.69) is 17.6 Å². The molecule has 0 unspecified atom stereocenters. The lowest BCUT2D eigenvalue weighted by atomic mass is 10.0. The Hall–Kier alpha value is -2.90. The number of unbranched alkanes of at least 4 members (excludes halogenated alkanes) is 16. The highest BCUT2D eigenvalue weighted by Gasteiger charge is 2.09. The molecule has 0 aliphatic rings. The second kappa shape index (κ2) is 56.7. The highest BCUT2D eigenvalue weighted by Crippen LogP contribution is 2.14. The third-order valence-corrected chi connectivity index (χ3v) is 10.6.